The van der Waals surface area contributed by atoms with Gasteiger partial charge in [-0.2, -0.15) is 5.10 Å². The van der Waals surface area contributed by atoms with Crippen molar-refractivity contribution in [3.05, 3.63) is 95.4 Å². The van der Waals surface area contributed by atoms with Gasteiger partial charge in [-0.3, -0.25) is 19.2 Å². The van der Waals surface area contributed by atoms with Crippen LogP contribution in [0, 0.1) is 6.92 Å². The molecule has 2 aromatic carbocycles. The fraction of sp³-hybridized carbons (Fsp3) is 0.276. The number of anilines is 1. The first-order valence-electron chi connectivity index (χ1n) is 12.2. The zero-order valence-electron chi connectivity index (χ0n) is 21.0. The van der Waals surface area contributed by atoms with Crippen LogP contribution in [0.5, 0.6) is 0 Å². The first-order valence-corrected chi connectivity index (χ1v) is 12.2. The number of amides is 2. The van der Waals surface area contributed by atoms with Crippen LogP contribution in [0.1, 0.15) is 53.9 Å². The van der Waals surface area contributed by atoms with Crippen LogP contribution in [0.25, 0.3) is 11.5 Å². The number of fused-ring (bicyclic) bond motifs is 1. The lowest BCUT2D eigenvalue weighted by Gasteiger charge is -2.43. The molecule has 184 valence electrons. The van der Waals surface area contributed by atoms with Crippen LogP contribution < -0.4 is 10.2 Å². The fourth-order valence-electron chi connectivity index (χ4n) is 4.62. The number of carbonyl (C=O) groups is 2. The molecule has 36 heavy (non-hydrogen) atoms. The molecule has 7 heteroatoms. The van der Waals surface area contributed by atoms with Crippen LogP contribution in [0.3, 0.4) is 0 Å². The normalized spacial score (nSPS) is 17.4. The molecule has 0 saturated carbocycles. The zero-order chi connectivity index (χ0) is 25.4. The van der Waals surface area contributed by atoms with E-state index in [1.807, 2.05) is 55.5 Å². The van der Waals surface area contributed by atoms with Crippen LogP contribution in [0.2, 0.25) is 0 Å². The summed E-state index contributed by atoms with van der Waals surface area (Å²) in [5, 5.41) is 7.66. The van der Waals surface area contributed by atoms with Crippen molar-refractivity contribution in [1.82, 2.24) is 15.1 Å². The van der Waals surface area contributed by atoms with E-state index in [-0.39, 0.29) is 18.4 Å². The molecular formula is C29H30N4O3. The average Bonchev–Trinajstić information content (AvgIpc) is 3.54. The minimum Gasteiger partial charge on any atom is -0.463 e. The van der Waals surface area contributed by atoms with Gasteiger partial charge in [0.1, 0.15) is 16.9 Å². The predicted molar refractivity (Wildman–Crippen MR) is 139 cm³/mol. The summed E-state index contributed by atoms with van der Waals surface area (Å²) in [4.78, 5) is 29.3. The Kier molecular flexibility index (Phi) is 6.00. The number of hydrogen-bond donors (Lipinski definition) is 1. The lowest BCUT2D eigenvalue weighted by molar-refractivity contribution is -0.126. The second kappa shape index (κ2) is 9.15. The molecule has 1 atom stereocenters. The molecule has 3 heterocycles. The molecular weight excluding hydrogens is 452 g/mol. The van der Waals surface area contributed by atoms with E-state index in [9.17, 15) is 9.59 Å². The summed E-state index contributed by atoms with van der Waals surface area (Å²) >= 11 is 0. The smallest absolute Gasteiger partial charge is 0.277 e. The first-order chi connectivity index (χ1) is 17.3. The molecule has 0 bridgehead atoms. The molecule has 0 unspecified atom stereocenters. The SMILES string of the molecule is Cc1ccc(CNC(=O)[C@@]2(C)Cn3nc(-c4ccco4)cc3C(=O)N2c2ccc(C(C)C)cc2)cc1. The highest BCUT2D eigenvalue weighted by Gasteiger charge is 2.49. The van der Waals surface area contributed by atoms with E-state index in [0.29, 0.717) is 35.3 Å². The van der Waals surface area contributed by atoms with Gasteiger partial charge in [0.2, 0.25) is 5.91 Å². The first kappa shape index (κ1) is 23.6. The monoisotopic (exact) mass is 482 g/mol. The van der Waals surface area contributed by atoms with Gasteiger partial charge in [0.25, 0.3) is 5.91 Å². The predicted octanol–water partition coefficient (Wildman–Crippen LogP) is 5.31. The Morgan fingerprint density at radius 2 is 1.83 bits per heavy atom. The molecule has 0 fully saturated rings. The average molecular weight is 483 g/mol. The van der Waals surface area contributed by atoms with Crippen molar-refractivity contribution in [2.75, 3.05) is 4.90 Å². The molecule has 1 aliphatic heterocycles. The van der Waals surface area contributed by atoms with Gasteiger partial charge in [-0.1, -0.05) is 55.8 Å². The van der Waals surface area contributed by atoms with Crippen molar-refractivity contribution in [1.29, 1.82) is 0 Å². The number of hydrogen-bond acceptors (Lipinski definition) is 4. The number of carbonyl (C=O) groups excluding carboxylic acids is 2. The van der Waals surface area contributed by atoms with E-state index in [0.717, 1.165) is 11.1 Å². The van der Waals surface area contributed by atoms with Gasteiger partial charge in [0.05, 0.1) is 12.8 Å². The second-order valence-electron chi connectivity index (χ2n) is 9.88. The largest absolute Gasteiger partial charge is 0.463 e. The third-order valence-corrected chi connectivity index (χ3v) is 6.81. The number of nitrogens with zero attached hydrogens (tertiary/aromatic N) is 3. The number of nitrogens with one attached hydrogen (secondary N) is 1. The molecule has 2 amide bonds. The topological polar surface area (TPSA) is 80.4 Å². The molecule has 7 nitrogen and oxygen atoms in total. The number of aryl methyl sites for hydroxylation is 1. The summed E-state index contributed by atoms with van der Waals surface area (Å²) in [6.07, 6.45) is 1.57. The highest BCUT2D eigenvalue weighted by Crippen LogP contribution is 2.35. The van der Waals surface area contributed by atoms with Gasteiger partial charge in [0.15, 0.2) is 5.76 Å². The third kappa shape index (κ3) is 4.21. The van der Waals surface area contributed by atoms with Crippen LogP contribution in [0.15, 0.2) is 77.4 Å². The maximum absolute atomic E-state index is 13.9. The zero-order valence-corrected chi connectivity index (χ0v) is 21.0. The Morgan fingerprint density at radius 3 is 2.47 bits per heavy atom. The maximum atomic E-state index is 13.9. The molecule has 0 saturated heterocycles. The minimum atomic E-state index is -1.19. The fourth-order valence-corrected chi connectivity index (χ4v) is 4.62. The Hall–Kier alpha value is -4.13. The van der Waals surface area contributed by atoms with E-state index in [2.05, 4.69) is 24.3 Å². The Labute approximate surface area is 210 Å². The number of rotatable bonds is 6. The lowest BCUT2D eigenvalue weighted by Crippen LogP contribution is -2.64. The summed E-state index contributed by atoms with van der Waals surface area (Å²) in [6.45, 7) is 8.64. The van der Waals surface area contributed by atoms with Crippen molar-refractivity contribution >= 4 is 17.5 Å². The van der Waals surface area contributed by atoms with Crippen molar-refractivity contribution in [2.24, 2.45) is 0 Å². The van der Waals surface area contributed by atoms with Gasteiger partial charge in [-0.15, -0.1) is 0 Å². The summed E-state index contributed by atoms with van der Waals surface area (Å²) in [7, 11) is 0. The van der Waals surface area contributed by atoms with Crippen molar-refractivity contribution in [2.45, 2.75) is 52.2 Å². The molecule has 0 radical (unpaired) electrons. The Balaban J connectivity index is 1.52. The molecule has 0 spiro atoms. The van der Waals surface area contributed by atoms with Crippen LogP contribution >= 0.6 is 0 Å². The van der Waals surface area contributed by atoms with Crippen LogP contribution in [0.4, 0.5) is 5.69 Å². The van der Waals surface area contributed by atoms with Crippen molar-refractivity contribution in [3.8, 4) is 11.5 Å². The van der Waals surface area contributed by atoms with Gasteiger partial charge in [-0.05, 0) is 55.2 Å². The summed E-state index contributed by atoms with van der Waals surface area (Å²) in [5.41, 5.74) is 3.77. The van der Waals surface area contributed by atoms with E-state index in [1.54, 1.807) is 41.0 Å². The van der Waals surface area contributed by atoms with E-state index in [1.165, 1.54) is 5.56 Å². The number of furan rings is 1. The Bertz CT molecular complexity index is 1390. The van der Waals surface area contributed by atoms with Crippen LogP contribution in [-0.4, -0.2) is 27.1 Å². The maximum Gasteiger partial charge on any atom is 0.277 e. The summed E-state index contributed by atoms with van der Waals surface area (Å²) in [5.74, 6) is 0.405. The molecule has 5 rings (SSSR count). The van der Waals surface area contributed by atoms with Gasteiger partial charge in [-0.25, -0.2) is 0 Å². The Morgan fingerprint density at radius 1 is 1.11 bits per heavy atom. The van der Waals surface area contributed by atoms with Crippen molar-refractivity contribution < 1.29 is 14.0 Å². The molecule has 2 aromatic heterocycles. The standard InChI is InChI=1S/C29H30N4O3/c1-19(2)22-11-13-23(14-12-22)33-27(34)25-16-24(26-6-5-15-36-26)31-32(25)18-29(33,4)28(35)30-17-21-9-7-20(3)8-10-21/h5-16,19H,17-18H2,1-4H3,(H,30,35)/t29-/m1/s1. The third-order valence-electron chi connectivity index (χ3n) is 6.81. The van der Waals surface area contributed by atoms with Gasteiger partial charge in [0, 0.05) is 18.3 Å². The number of aromatic nitrogens is 2. The number of benzene rings is 2. The second-order valence-corrected chi connectivity index (χ2v) is 9.88. The molecule has 4 aromatic rings. The lowest BCUT2D eigenvalue weighted by atomic mass is 9.93. The molecule has 1 N–H and O–H groups in total. The van der Waals surface area contributed by atoms with Crippen molar-refractivity contribution in [3.63, 3.8) is 0 Å². The summed E-state index contributed by atoms with van der Waals surface area (Å²) < 4.78 is 7.11. The molecule has 1 aliphatic rings. The quantitative estimate of drug-likeness (QED) is 0.404. The van der Waals surface area contributed by atoms with E-state index >= 15 is 0 Å². The van der Waals surface area contributed by atoms with Gasteiger partial charge >= 0.3 is 0 Å². The highest BCUT2D eigenvalue weighted by atomic mass is 16.3. The van der Waals surface area contributed by atoms with E-state index < -0.39 is 5.54 Å². The molecule has 0 aliphatic carbocycles. The van der Waals surface area contributed by atoms with E-state index in [4.69, 9.17) is 4.42 Å². The highest BCUT2D eigenvalue weighted by molar-refractivity contribution is 6.12. The van der Waals surface area contributed by atoms with Gasteiger partial charge < -0.3 is 9.73 Å². The minimum absolute atomic E-state index is 0.209. The summed E-state index contributed by atoms with van der Waals surface area (Å²) in [6, 6.07) is 21.2. The van der Waals surface area contributed by atoms with Crippen LogP contribution in [-0.2, 0) is 17.9 Å².